The number of nitrogens with zero attached hydrogens (tertiary/aromatic N) is 8. The largest absolute Gasteiger partial charge is 0.372 e. The van der Waals surface area contributed by atoms with Gasteiger partial charge in [-0.3, -0.25) is 0 Å². The first-order valence-electron chi connectivity index (χ1n) is 32.8. The summed E-state index contributed by atoms with van der Waals surface area (Å²) in [4.78, 5) is 11.9. The van der Waals surface area contributed by atoms with Crippen LogP contribution in [0.4, 0.5) is 51.2 Å². The SMILES string of the molecule is CCN(CC)c1ccc(N(c2ccc(N(CC)CC)cc2)c2ccc(N(CC)CC)cc2)cc1.c1ccc2c(c1)c1ccccc1n2-c1ccc(N(c2ccc(-n3c4ccccc4c4ccccc43)cc2)c2ccc(-n3c4ccccc4c4ccccc43)cc2)cc1. The lowest BCUT2D eigenvalue weighted by molar-refractivity contribution is 0.865. The first kappa shape index (κ1) is 58.7. The lowest BCUT2D eigenvalue weighted by Gasteiger charge is -2.29. The van der Waals surface area contributed by atoms with E-state index in [0.29, 0.717) is 0 Å². The first-order chi connectivity index (χ1) is 45.4. The molecule has 0 saturated heterocycles. The molecule has 0 atom stereocenters. The minimum absolute atomic E-state index is 1.01. The van der Waals surface area contributed by atoms with Crippen LogP contribution in [-0.2, 0) is 0 Å². The van der Waals surface area contributed by atoms with Crippen molar-refractivity contribution >= 4 is 117 Å². The van der Waals surface area contributed by atoms with Crippen molar-refractivity contribution < 1.29 is 0 Å². The number of hydrogen-bond donors (Lipinski definition) is 0. The number of fused-ring (bicyclic) bond motifs is 9. The summed E-state index contributed by atoms with van der Waals surface area (Å²) in [5.74, 6) is 0. The van der Waals surface area contributed by atoms with E-state index < -0.39 is 0 Å². The topological polar surface area (TPSA) is 31.0 Å². The van der Waals surface area contributed by atoms with Crippen molar-refractivity contribution in [1.82, 2.24) is 13.7 Å². The monoisotopic (exact) mass is 1200 g/mol. The van der Waals surface area contributed by atoms with Crippen molar-refractivity contribution in [2.45, 2.75) is 41.5 Å². The second-order valence-electron chi connectivity index (χ2n) is 23.4. The summed E-state index contributed by atoms with van der Waals surface area (Å²) < 4.78 is 7.12. The highest BCUT2D eigenvalue weighted by Gasteiger charge is 2.20. The van der Waals surface area contributed by atoms with E-state index in [1.807, 2.05) is 0 Å². The van der Waals surface area contributed by atoms with Crippen LogP contribution >= 0.6 is 0 Å². The van der Waals surface area contributed by atoms with Crippen LogP contribution in [0.1, 0.15) is 41.5 Å². The smallest absolute Gasteiger partial charge is 0.0541 e. The molecule has 454 valence electrons. The Morgan fingerprint density at radius 2 is 0.337 bits per heavy atom. The zero-order valence-electron chi connectivity index (χ0n) is 53.5. The molecule has 92 heavy (non-hydrogen) atoms. The van der Waals surface area contributed by atoms with E-state index in [1.165, 1.54) is 99.5 Å². The van der Waals surface area contributed by atoms with Gasteiger partial charge in [-0.2, -0.15) is 0 Å². The maximum atomic E-state index is 2.38. The van der Waals surface area contributed by atoms with E-state index in [-0.39, 0.29) is 0 Å². The van der Waals surface area contributed by atoms with E-state index >= 15 is 0 Å². The summed E-state index contributed by atoms with van der Waals surface area (Å²) in [7, 11) is 0. The molecule has 15 rings (SSSR count). The molecule has 0 bridgehead atoms. The third kappa shape index (κ3) is 10.8. The van der Waals surface area contributed by atoms with E-state index in [9.17, 15) is 0 Å². The number of hydrogen-bond acceptors (Lipinski definition) is 5. The molecular formula is C84H78N8. The van der Waals surface area contributed by atoms with Gasteiger partial charge in [-0.25, -0.2) is 0 Å². The van der Waals surface area contributed by atoms with Gasteiger partial charge in [0.15, 0.2) is 0 Å². The van der Waals surface area contributed by atoms with Gasteiger partial charge in [0.05, 0.1) is 33.1 Å². The lowest BCUT2D eigenvalue weighted by atomic mass is 10.1. The summed E-state index contributed by atoms with van der Waals surface area (Å²) in [6, 6.07) is 106. The normalized spacial score (nSPS) is 11.4. The van der Waals surface area contributed by atoms with Crippen molar-refractivity contribution in [3.63, 3.8) is 0 Å². The van der Waals surface area contributed by atoms with E-state index in [0.717, 1.165) is 73.4 Å². The Bertz CT molecular complexity index is 4320. The van der Waals surface area contributed by atoms with Crippen molar-refractivity contribution in [2.75, 3.05) is 63.8 Å². The first-order valence-corrected chi connectivity index (χ1v) is 32.8. The minimum atomic E-state index is 1.01. The van der Waals surface area contributed by atoms with Gasteiger partial charge in [-0.05, 0) is 224 Å². The minimum Gasteiger partial charge on any atom is -0.372 e. The van der Waals surface area contributed by atoms with Crippen LogP contribution in [0.3, 0.4) is 0 Å². The van der Waals surface area contributed by atoms with Gasteiger partial charge in [-0.1, -0.05) is 109 Å². The van der Waals surface area contributed by atoms with Crippen LogP contribution in [-0.4, -0.2) is 53.0 Å². The van der Waals surface area contributed by atoms with Gasteiger partial charge in [-0.15, -0.1) is 0 Å². The molecule has 0 radical (unpaired) electrons. The highest BCUT2D eigenvalue weighted by atomic mass is 15.2. The number of para-hydroxylation sites is 6. The average Bonchev–Trinajstić information content (AvgIpc) is 1.71. The fraction of sp³-hybridized carbons (Fsp3) is 0.143. The molecule has 8 heteroatoms. The number of rotatable bonds is 18. The molecule has 12 aromatic carbocycles. The highest BCUT2D eigenvalue weighted by Crippen LogP contribution is 2.42. The standard InChI is InChI=1S/C54H36N4.C30H42N4/c1-7-19-49-43(13-1)44-14-2-8-20-50(44)56(49)40-31-25-37(26-32-40)55(38-27-33-41(34-28-38)57-51-21-9-3-15-45(51)46-16-4-10-22-52(46)57)39-29-35-42(36-30-39)58-53-23-11-5-17-47(53)48-18-6-12-24-54(48)58;1-7-31(8-2)25-13-19-28(20-14-25)34(29-21-15-26(16-22-29)32(9-3)10-4)30-23-17-27(18-24-30)33(11-5)12-6/h1-36H;13-24H,7-12H2,1-6H3. The molecule has 0 aliphatic heterocycles. The van der Waals surface area contributed by atoms with Crippen LogP contribution in [0.5, 0.6) is 0 Å². The van der Waals surface area contributed by atoms with Crippen LogP contribution in [0.15, 0.2) is 291 Å². The molecule has 0 spiro atoms. The van der Waals surface area contributed by atoms with Crippen LogP contribution in [0.2, 0.25) is 0 Å². The molecule has 0 fully saturated rings. The van der Waals surface area contributed by atoms with Crippen LogP contribution in [0, 0.1) is 0 Å². The van der Waals surface area contributed by atoms with E-state index in [2.05, 4.69) is 371 Å². The molecule has 0 amide bonds. The van der Waals surface area contributed by atoms with Crippen molar-refractivity contribution in [3.8, 4) is 17.1 Å². The highest BCUT2D eigenvalue weighted by molar-refractivity contribution is 6.11. The summed E-state index contributed by atoms with van der Waals surface area (Å²) in [5.41, 5.74) is 21.2. The molecule has 8 nitrogen and oxygen atoms in total. The zero-order valence-corrected chi connectivity index (χ0v) is 53.5. The molecule has 0 aliphatic carbocycles. The van der Waals surface area contributed by atoms with Gasteiger partial charge >= 0.3 is 0 Å². The summed E-state index contributed by atoms with van der Waals surface area (Å²) in [5, 5.41) is 7.56. The Morgan fingerprint density at radius 1 is 0.185 bits per heavy atom. The van der Waals surface area contributed by atoms with Crippen LogP contribution < -0.4 is 24.5 Å². The van der Waals surface area contributed by atoms with E-state index in [4.69, 9.17) is 0 Å². The quantitative estimate of drug-likeness (QED) is 0.0855. The van der Waals surface area contributed by atoms with Gasteiger partial charge in [0.2, 0.25) is 0 Å². The van der Waals surface area contributed by atoms with Crippen molar-refractivity contribution in [2.24, 2.45) is 0 Å². The molecule has 3 aromatic heterocycles. The molecule has 15 aromatic rings. The summed E-state index contributed by atoms with van der Waals surface area (Å²) in [6.07, 6.45) is 0. The van der Waals surface area contributed by atoms with Crippen molar-refractivity contribution in [1.29, 1.82) is 0 Å². The average molecular weight is 1200 g/mol. The molecule has 0 aliphatic rings. The number of aromatic nitrogens is 3. The predicted octanol–water partition coefficient (Wildman–Crippen LogP) is 22.1. The zero-order chi connectivity index (χ0) is 62.7. The van der Waals surface area contributed by atoms with Gasteiger partial charge in [0.25, 0.3) is 0 Å². The Labute approximate surface area is 540 Å². The lowest BCUT2D eigenvalue weighted by Crippen LogP contribution is -2.22. The molecule has 0 saturated carbocycles. The molecular weight excluding hydrogens is 1120 g/mol. The second kappa shape index (κ2) is 25.9. The fourth-order valence-electron chi connectivity index (χ4n) is 14.0. The third-order valence-corrected chi connectivity index (χ3v) is 18.5. The number of benzene rings is 12. The summed E-state index contributed by atoms with van der Waals surface area (Å²) in [6.45, 7) is 19.3. The molecule has 0 N–H and O–H groups in total. The van der Waals surface area contributed by atoms with Gasteiger partial charge < -0.3 is 38.2 Å². The summed E-state index contributed by atoms with van der Waals surface area (Å²) >= 11 is 0. The predicted molar refractivity (Wildman–Crippen MR) is 396 cm³/mol. The number of anilines is 9. The molecule has 0 unspecified atom stereocenters. The maximum absolute atomic E-state index is 2.38. The maximum Gasteiger partial charge on any atom is 0.0541 e. The van der Waals surface area contributed by atoms with Gasteiger partial charge in [0, 0.05) is 140 Å². The fourth-order valence-corrected chi connectivity index (χ4v) is 14.0. The van der Waals surface area contributed by atoms with Crippen molar-refractivity contribution in [3.05, 3.63) is 291 Å². The van der Waals surface area contributed by atoms with Gasteiger partial charge in [0.1, 0.15) is 0 Å². The Hall–Kier alpha value is -11.0. The van der Waals surface area contributed by atoms with Crippen LogP contribution in [0.25, 0.3) is 82.5 Å². The van der Waals surface area contributed by atoms with E-state index in [1.54, 1.807) is 0 Å². The second-order valence-corrected chi connectivity index (χ2v) is 23.4. The third-order valence-electron chi connectivity index (χ3n) is 18.5. The molecule has 3 heterocycles. The Balaban J connectivity index is 0.000000186. The Kier molecular flexibility index (Phi) is 16.5. The Morgan fingerprint density at radius 3 is 0.511 bits per heavy atom.